The summed E-state index contributed by atoms with van der Waals surface area (Å²) < 4.78 is 0. The number of benzene rings is 2. The fourth-order valence-corrected chi connectivity index (χ4v) is 22.7. The van der Waals surface area contributed by atoms with Crippen molar-refractivity contribution in [1.82, 2.24) is 0 Å². The first-order chi connectivity index (χ1) is 17.7. The van der Waals surface area contributed by atoms with Crippen molar-refractivity contribution < 1.29 is 0 Å². The predicted molar refractivity (Wildman–Crippen MR) is 177 cm³/mol. The summed E-state index contributed by atoms with van der Waals surface area (Å²) in [5.74, 6) is 0.829. The fraction of sp³-hybridized carbons (Fsp3) is 0.667. The van der Waals surface area contributed by atoms with Crippen LogP contribution in [0.3, 0.4) is 0 Å². The largest absolute Gasteiger partial charge is 0.0744 e. The van der Waals surface area contributed by atoms with Crippen LogP contribution >= 0.6 is 15.2 Å². The Labute approximate surface area is 238 Å². The topological polar surface area (TPSA) is 0 Å². The van der Waals surface area contributed by atoms with E-state index < -0.39 is 15.2 Å². The number of aryl methyl sites for hydroxylation is 4. The van der Waals surface area contributed by atoms with Gasteiger partial charge in [-0.3, -0.25) is 0 Å². The molecule has 0 nitrogen and oxygen atoms in total. The Bertz CT molecular complexity index is 1000. The number of rotatable bonds is 6. The van der Waals surface area contributed by atoms with Crippen LogP contribution in [-0.4, -0.2) is 27.3 Å². The minimum Gasteiger partial charge on any atom is -0.0575 e. The molecule has 0 saturated heterocycles. The minimum absolute atomic E-state index is 0.399. The van der Waals surface area contributed by atoms with E-state index in [4.69, 9.17) is 0 Å². The maximum atomic E-state index is 2.68. The molecule has 3 atom stereocenters. The third-order valence-corrected chi connectivity index (χ3v) is 20.8. The third-order valence-electron chi connectivity index (χ3n) is 10.2. The Hall–Kier alpha value is -0.700. The molecule has 0 aromatic heterocycles. The normalized spacial score (nSPS) is 22.4. The van der Waals surface area contributed by atoms with E-state index in [1.165, 1.54) is 67.2 Å². The summed E-state index contributed by atoms with van der Waals surface area (Å²) >= 11 is 0. The summed E-state index contributed by atoms with van der Waals surface area (Å²) in [7, 11) is -1.75. The summed E-state index contributed by atoms with van der Waals surface area (Å²) in [6.45, 7) is 27.8. The van der Waals surface area contributed by atoms with Gasteiger partial charge in [-0.1, -0.05) is 65.6 Å². The Kier molecular flexibility index (Phi) is 8.99. The maximum absolute atomic E-state index is 2.68. The molecule has 210 valence electrons. The first kappa shape index (κ1) is 30.3. The van der Waals surface area contributed by atoms with E-state index in [1.54, 1.807) is 10.6 Å². The Morgan fingerprint density at radius 2 is 1.05 bits per heavy atom. The zero-order valence-electron chi connectivity index (χ0n) is 26.6. The predicted octanol–water partition coefficient (Wildman–Crippen LogP) is 10.5. The van der Waals surface area contributed by atoms with Gasteiger partial charge in [0, 0.05) is 13.2 Å². The SMILES string of the molecule is Cc1cc(C)cc(P(c2cc(C)cc(C)c2)C(C)[C@@H]2CCC[C@@H]2[P+](C2CCCC2)(C(C)(C)C)C(C)(C)C)c1. The van der Waals surface area contributed by atoms with Crippen molar-refractivity contribution in [1.29, 1.82) is 0 Å². The monoisotopic (exact) mass is 551 g/mol. The molecule has 38 heavy (non-hydrogen) atoms. The van der Waals surface area contributed by atoms with Gasteiger partial charge < -0.3 is 0 Å². The highest BCUT2D eigenvalue weighted by molar-refractivity contribution is 7.80. The number of hydrogen-bond acceptors (Lipinski definition) is 0. The van der Waals surface area contributed by atoms with Crippen molar-refractivity contribution in [3.05, 3.63) is 58.7 Å². The second kappa shape index (κ2) is 11.3. The molecule has 2 aromatic rings. The molecule has 0 heterocycles. The standard InChI is InChI=1S/C36H57P2/c1-25-19-26(2)22-30(21-25)37(31-23-27(3)20-28(4)24-31)29(5)33-17-14-18-34(33)38(35(6,7)8,36(9,10)11)32-15-12-13-16-32/h19-24,29,32-34H,12-18H2,1-11H3/q+1/t29?,33-,34-/m0/s1. The van der Waals surface area contributed by atoms with Gasteiger partial charge in [-0.2, -0.15) is 0 Å². The van der Waals surface area contributed by atoms with E-state index in [9.17, 15) is 0 Å². The maximum Gasteiger partial charge on any atom is 0.0744 e. The van der Waals surface area contributed by atoms with Crippen molar-refractivity contribution in [2.24, 2.45) is 5.92 Å². The van der Waals surface area contributed by atoms with Crippen LogP contribution in [0.5, 0.6) is 0 Å². The molecule has 2 fully saturated rings. The lowest BCUT2D eigenvalue weighted by Gasteiger charge is -2.56. The summed E-state index contributed by atoms with van der Waals surface area (Å²) in [4.78, 5) is 0. The minimum atomic E-state index is -1.32. The average Bonchev–Trinajstić information content (AvgIpc) is 3.44. The molecule has 0 N–H and O–H groups in total. The molecule has 0 amide bonds. The van der Waals surface area contributed by atoms with Crippen LogP contribution in [-0.2, 0) is 0 Å². The fourth-order valence-electron chi connectivity index (χ4n) is 9.71. The van der Waals surface area contributed by atoms with Crippen LogP contribution in [0.2, 0.25) is 0 Å². The second-order valence-corrected chi connectivity index (χ2v) is 23.2. The van der Waals surface area contributed by atoms with Gasteiger partial charge >= 0.3 is 0 Å². The lowest BCUT2D eigenvalue weighted by molar-refractivity contribution is 0.514. The van der Waals surface area contributed by atoms with Crippen molar-refractivity contribution in [2.45, 2.75) is 148 Å². The molecule has 0 radical (unpaired) electrons. The molecule has 2 aliphatic carbocycles. The molecule has 1 unspecified atom stereocenters. The van der Waals surface area contributed by atoms with E-state index in [0.717, 1.165) is 17.2 Å². The third kappa shape index (κ3) is 5.58. The van der Waals surface area contributed by atoms with Crippen molar-refractivity contribution >= 4 is 25.8 Å². The van der Waals surface area contributed by atoms with E-state index in [0.29, 0.717) is 16.0 Å². The van der Waals surface area contributed by atoms with E-state index in [-0.39, 0.29) is 0 Å². The van der Waals surface area contributed by atoms with Gasteiger partial charge in [0.2, 0.25) is 0 Å². The summed E-state index contributed by atoms with van der Waals surface area (Å²) in [6.07, 6.45) is 10.2. The van der Waals surface area contributed by atoms with Crippen LogP contribution in [0, 0.1) is 33.6 Å². The summed E-state index contributed by atoms with van der Waals surface area (Å²) in [6, 6.07) is 14.8. The molecule has 2 heteroatoms. The van der Waals surface area contributed by atoms with Gasteiger partial charge in [0.15, 0.2) is 0 Å². The van der Waals surface area contributed by atoms with Crippen LogP contribution in [0.4, 0.5) is 0 Å². The molecule has 0 spiro atoms. The molecular weight excluding hydrogens is 494 g/mol. The molecule has 0 bridgehead atoms. The lowest BCUT2D eigenvalue weighted by Crippen LogP contribution is -2.48. The highest BCUT2D eigenvalue weighted by atomic mass is 31.2. The smallest absolute Gasteiger partial charge is 0.0575 e. The summed E-state index contributed by atoms with van der Waals surface area (Å²) in [5, 5.41) is 4.01. The van der Waals surface area contributed by atoms with Gasteiger partial charge in [0.25, 0.3) is 0 Å². The Balaban J connectivity index is 1.88. The zero-order chi connectivity index (χ0) is 28.0. The highest BCUT2D eigenvalue weighted by Crippen LogP contribution is 2.87. The second-order valence-electron chi connectivity index (χ2n) is 15.0. The van der Waals surface area contributed by atoms with Gasteiger partial charge in [0.05, 0.1) is 21.6 Å². The van der Waals surface area contributed by atoms with Crippen molar-refractivity contribution in [3.8, 4) is 0 Å². The first-order valence-electron chi connectivity index (χ1n) is 15.5. The first-order valence-corrected chi connectivity index (χ1v) is 18.8. The van der Waals surface area contributed by atoms with E-state index >= 15 is 0 Å². The van der Waals surface area contributed by atoms with Crippen LogP contribution in [0.25, 0.3) is 0 Å². The summed E-state index contributed by atoms with van der Waals surface area (Å²) in [5.41, 5.74) is 8.25. The Morgan fingerprint density at radius 3 is 1.45 bits per heavy atom. The van der Waals surface area contributed by atoms with E-state index in [1.807, 2.05) is 0 Å². The molecule has 2 aliphatic rings. The van der Waals surface area contributed by atoms with Crippen molar-refractivity contribution in [2.75, 3.05) is 0 Å². The number of hydrogen-bond donors (Lipinski definition) is 0. The zero-order valence-corrected chi connectivity index (χ0v) is 28.4. The van der Waals surface area contributed by atoms with E-state index in [2.05, 4.69) is 113 Å². The molecule has 2 aromatic carbocycles. The van der Waals surface area contributed by atoms with Crippen LogP contribution in [0.1, 0.15) is 116 Å². The highest BCUT2D eigenvalue weighted by Gasteiger charge is 2.68. The van der Waals surface area contributed by atoms with Gasteiger partial charge in [-0.05, 0) is 138 Å². The molecule has 0 aliphatic heterocycles. The van der Waals surface area contributed by atoms with Gasteiger partial charge in [-0.25, -0.2) is 0 Å². The van der Waals surface area contributed by atoms with Gasteiger partial charge in [0.1, 0.15) is 0 Å². The molecule has 4 rings (SSSR count). The molecular formula is C36H57P2+. The van der Waals surface area contributed by atoms with Crippen LogP contribution < -0.4 is 10.6 Å². The van der Waals surface area contributed by atoms with Gasteiger partial charge in [-0.15, -0.1) is 0 Å². The van der Waals surface area contributed by atoms with Crippen molar-refractivity contribution in [3.63, 3.8) is 0 Å². The average molecular weight is 552 g/mol. The van der Waals surface area contributed by atoms with Crippen LogP contribution in [0.15, 0.2) is 36.4 Å². The quantitative estimate of drug-likeness (QED) is 0.313. The Morgan fingerprint density at radius 1 is 0.632 bits per heavy atom. The molecule has 2 saturated carbocycles. The lowest BCUT2D eigenvalue weighted by atomic mass is 10.0.